The molecule has 114 valence electrons. The molecule has 0 aromatic carbocycles. The molecule has 1 N–H and O–H groups in total. The average Bonchev–Trinajstić information content (AvgIpc) is 3.04. The van der Waals surface area contributed by atoms with Crippen LogP contribution in [-0.2, 0) is 9.53 Å². The highest BCUT2D eigenvalue weighted by molar-refractivity contribution is 5.87. The fourth-order valence-corrected chi connectivity index (χ4v) is 3.24. The summed E-state index contributed by atoms with van der Waals surface area (Å²) in [6, 6.07) is 0. The van der Waals surface area contributed by atoms with Gasteiger partial charge in [-0.3, -0.25) is 9.18 Å². The summed E-state index contributed by atoms with van der Waals surface area (Å²) >= 11 is 0. The zero-order valence-electron chi connectivity index (χ0n) is 12.5. The molecule has 1 saturated heterocycles. The third-order valence-corrected chi connectivity index (χ3v) is 4.72. The van der Waals surface area contributed by atoms with E-state index in [-0.39, 0.29) is 23.4 Å². The van der Waals surface area contributed by atoms with Crippen molar-refractivity contribution in [2.24, 2.45) is 10.8 Å². The molecule has 1 spiro atoms. The predicted octanol–water partition coefficient (Wildman–Crippen LogP) is 1.38. The van der Waals surface area contributed by atoms with Gasteiger partial charge in [0.25, 0.3) is 0 Å². The van der Waals surface area contributed by atoms with Crippen molar-refractivity contribution in [2.45, 2.75) is 19.3 Å². The van der Waals surface area contributed by atoms with E-state index < -0.39 is 0 Å². The van der Waals surface area contributed by atoms with Crippen LogP contribution in [0.15, 0.2) is 12.2 Å². The fourth-order valence-electron chi connectivity index (χ4n) is 3.24. The maximum atomic E-state index is 13.5. The fraction of sp³-hybridized carbons (Fsp3) is 0.800. The Kier molecular flexibility index (Phi) is 4.81. The van der Waals surface area contributed by atoms with Gasteiger partial charge >= 0.3 is 0 Å². The van der Waals surface area contributed by atoms with Crippen molar-refractivity contribution in [1.82, 2.24) is 10.2 Å². The highest BCUT2D eigenvalue weighted by Crippen LogP contribution is 2.68. The van der Waals surface area contributed by atoms with Crippen LogP contribution in [0.25, 0.3) is 0 Å². The first kappa shape index (κ1) is 15.4. The van der Waals surface area contributed by atoms with E-state index in [2.05, 4.69) is 5.32 Å². The molecule has 2 fully saturated rings. The number of nitrogens with zero attached hydrogens (tertiary/aromatic N) is 1. The Morgan fingerprint density at radius 1 is 1.40 bits per heavy atom. The minimum atomic E-state index is -0.352. The number of hydrogen-bond acceptors (Lipinski definition) is 3. The number of amides is 1. The molecule has 1 aliphatic carbocycles. The second-order valence-electron chi connectivity index (χ2n) is 6.37. The number of carbonyl (C=O) groups is 1. The number of ether oxygens (including phenoxy) is 1. The van der Waals surface area contributed by atoms with Gasteiger partial charge in [-0.25, -0.2) is 0 Å². The molecule has 5 heteroatoms. The molecule has 1 unspecified atom stereocenters. The SMILES string of the molecule is CN(C)C/C=C/C(=O)NCC1(CF)CC12CCOCC2. The molecule has 2 rings (SSSR count). The predicted molar refractivity (Wildman–Crippen MR) is 76.2 cm³/mol. The van der Waals surface area contributed by atoms with Gasteiger partial charge in [-0.2, -0.15) is 0 Å². The number of alkyl halides is 1. The zero-order chi connectivity index (χ0) is 14.6. The Hall–Kier alpha value is -0.940. The Balaban J connectivity index is 1.80. The maximum absolute atomic E-state index is 13.5. The lowest BCUT2D eigenvalue weighted by Gasteiger charge is -2.28. The van der Waals surface area contributed by atoms with Crippen molar-refractivity contribution in [3.63, 3.8) is 0 Å². The summed E-state index contributed by atoms with van der Waals surface area (Å²) < 4.78 is 18.8. The molecular formula is C15H25FN2O2. The normalized spacial score (nSPS) is 28.2. The van der Waals surface area contributed by atoms with Gasteiger partial charge in [0, 0.05) is 37.8 Å². The monoisotopic (exact) mass is 284 g/mol. The van der Waals surface area contributed by atoms with E-state index in [0.717, 1.165) is 39.0 Å². The molecule has 0 aromatic rings. The standard InChI is InChI=1S/C15H25FN2O2/c1-18(2)7-3-4-13(19)17-12-15(11-16)10-14(15)5-8-20-9-6-14/h3-4H,5-12H2,1-2H3,(H,17,19)/b4-3+. The number of nitrogens with one attached hydrogen (secondary N) is 1. The van der Waals surface area contributed by atoms with E-state index in [0.29, 0.717) is 6.54 Å². The van der Waals surface area contributed by atoms with Gasteiger partial charge in [0.15, 0.2) is 0 Å². The molecule has 0 radical (unpaired) electrons. The topological polar surface area (TPSA) is 41.6 Å². The Morgan fingerprint density at radius 3 is 2.70 bits per heavy atom. The van der Waals surface area contributed by atoms with E-state index in [9.17, 15) is 9.18 Å². The molecule has 2 aliphatic rings. The summed E-state index contributed by atoms with van der Waals surface area (Å²) in [5, 5.41) is 2.86. The van der Waals surface area contributed by atoms with Crippen LogP contribution in [0.4, 0.5) is 4.39 Å². The van der Waals surface area contributed by atoms with Gasteiger partial charge in [0.1, 0.15) is 0 Å². The van der Waals surface area contributed by atoms with Crippen LogP contribution in [0.5, 0.6) is 0 Å². The minimum Gasteiger partial charge on any atom is -0.381 e. The number of halogens is 1. The van der Waals surface area contributed by atoms with Crippen LogP contribution in [0.3, 0.4) is 0 Å². The summed E-state index contributed by atoms with van der Waals surface area (Å²) in [4.78, 5) is 13.7. The number of likely N-dealkylation sites (N-methyl/N-ethyl adjacent to an activating group) is 1. The van der Waals surface area contributed by atoms with Gasteiger partial charge in [-0.05, 0) is 38.8 Å². The quantitative estimate of drug-likeness (QED) is 0.749. The van der Waals surface area contributed by atoms with Crippen LogP contribution in [0.2, 0.25) is 0 Å². The van der Waals surface area contributed by atoms with E-state index >= 15 is 0 Å². The van der Waals surface area contributed by atoms with Crippen molar-refractivity contribution >= 4 is 5.91 Å². The lowest BCUT2D eigenvalue weighted by molar-refractivity contribution is -0.116. The summed E-state index contributed by atoms with van der Waals surface area (Å²) in [5.41, 5.74) is -0.275. The average molecular weight is 284 g/mol. The molecule has 1 atom stereocenters. The number of rotatable bonds is 6. The summed E-state index contributed by atoms with van der Waals surface area (Å²) in [6.45, 7) is 2.25. The van der Waals surface area contributed by atoms with E-state index in [1.165, 1.54) is 6.08 Å². The summed E-state index contributed by atoms with van der Waals surface area (Å²) in [7, 11) is 3.89. The Labute approximate surface area is 120 Å². The third kappa shape index (κ3) is 3.20. The molecule has 1 heterocycles. The van der Waals surface area contributed by atoms with Crippen LogP contribution in [0.1, 0.15) is 19.3 Å². The van der Waals surface area contributed by atoms with Crippen molar-refractivity contribution in [3.8, 4) is 0 Å². The first-order valence-corrected chi connectivity index (χ1v) is 7.26. The van der Waals surface area contributed by atoms with Crippen LogP contribution in [-0.4, -0.2) is 57.9 Å². The van der Waals surface area contributed by atoms with E-state index in [1.54, 1.807) is 0 Å². The highest BCUT2D eigenvalue weighted by atomic mass is 19.1. The van der Waals surface area contributed by atoms with Gasteiger partial charge in [0.05, 0.1) is 6.67 Å². The van der Waals surface area contributed by atoms with Crippen molar-refractivity contribution in [3.05, 3.63) is 12.2 Å². The largest absolute Gasteiger partial charge is 0.381 e. The molecule has 1 saturated carbocycles. The number of carbonyl (C=O) groups excluding carboxylic acids is 1. The van der Waals surface area contributed by atoms with Crippen LogP contribution in [0, 0.1) is 10.8 Å². The van der Waals surface area contributed by atoms with Crippen molar-refractivity contribution < 1.29 is 13.9 Å². The van der Waals surface area contributed by atoms with Crippen LogP contribution < -0.4 is 5.32 Å². The van der Waals surface area contributed by atoms with Gasteiger partial charge < -0.3 is 15.0 Å². The summed E-state index contributed by atoms with van der Waals surface area (Å²) in [5.74, 6) is -0.131. The molecule has 4 nitrogen and oxygen atoms in total. The Morgan fingerprint density at radius 2 is 2.10 bits per heavy atom. The Bertz CT molecular complexity index is 378. The molecule has 1 amide bonds. The summed E-state index contributed by atoms with van der Waals surface area (Å²) in [6.07, 6.45) is 6.06. The molecule has 0 bridgehead atoms. The van der Waals surface area contributed by atoms with Gasteiger partial charge in [0.2, 0.25) is 5.91 Å². The first-order chi connectivity index (χ1) is 9.54. The van der Waals surface area contributed by atoms with E-state index in [1.807, 2.05) is 25.1 Å². The number of hydrogen-bond donors (Lipinski definition) is 1. The molecule has 20 heavy (non-hydrogen) atoms. The van der Waals surface area contributed by atoms with Crippen LogP contribution >= 0.6 is 0 Å². The highest BCUT2D eigenvalue weighted by Gasteiger charge is 2.66. The van der Waals surface area contributed by atoms with Gasteiger partial charge in [-0.1, -0.05) is 6.08 Å². The van der Waals surface area contributed by atoms with E-state index in [4.69, 9.17) is 4.74 Å². The second kappa shape index (κ2) is 6.22. The lowest BCUT2D eigenvalue weighted by atomic mass is 9.86. The van der Waals surface area contributed by atoms with Crippen molar-refractivity contribution in [2.75, 3.05) is 47.1 Å². The van der Waals surface area contributed by atoms with Crippen molar-refractivity contribution in [1.29, 1.82) is 0 Å². The smallest absolute Gasteiger partial charge is 0.243 e. The molecule has 1 aliphatic heterocycles. The maximum Gasteiger partial charge on any atom is 0.243 e. The zero-order valence-corrected chi connectivity index (χ0v) is 12.5. The lowest BCUT2D eigenvalue weighted by Crippen LogP contribution is -2.35. The minimum absolute atomic E-state index is 0.0701. The second-order valence-corrected chi connectivity index (χ2v) is 6.37. The first-order valence-electron chi connectivity index (χ1n) is 7.26. The third-order valence-electron chi connectivity index (χ3n) is 4.72. The van der Waals surface area contributed by atoms with Gasteiger partial charge in [-0.15, -0.1) is 0 Å². The molecular weight excluding hydrogens is 259 g/mol. The molecule has 0 aromatic heterocycles.